The highest BCUT2D eigenvalue weighted by molar-refractivity contribution is 5.76. The Kier molecular flexibility index (Phi) is 5.37. The van der Waals surface area contributed by atoms with E-state index in [0.29, 0.717) is 18.9 Å². The molecule has 0 atom stereocenters. The van der Waals surface area contributed by atoms with Crippen molar-refractivity contribution in [1.29, 1.82) is 0 Å². The monoisotopic (exact) mass is 263 g/mol. The van der Waals surface area contributed by atoms with Crippen LogP contribution in [0.25, 0.3) is 0 Å². The number of hydrogen-bond acceptors (Lipinski definition) is 1. The largest absolute Gasteiger partial charge is 0.353 e. The Morgan fingerprint density at radius 2 is 1.74 bits per heavy atom. The molecular formula is C16H22FNO. The fourth-order valence-corrected chi connectivity index (χ4v) is 2.63. The molecule has 1 amide bonds. The molecule has 0 unspecified atom stereocenters. The quantitative estimate of drug-likeness (QED) is 0.826. The van der Waals surface area contributed by atoms with E-state index in [9.17, 15) is 9.18 Å². The second-order valence-corrected chi connectivity index (χ2v) is 5.38. The first kappa shape index (κ1) is 14.0. The molecule has 104 valence electrons. The van der Waals surface area contributed by atoms with E-state index in [-0.39, 0.29) is 11.7 Å². The molecule has 19 heavy (non-hydrogen) atoms. The zero-order chi connectivity index (χ0) is 13.5. The van der Waals surface area contributed by atoms with E-state index >= 15 is 0 Å². The summed E-state index contributed by atoms with van der Waals surface area (Å²) in [6, 6.07) is 6.74. The lowest BCUT2D eigenvalue weighted by Gasteiger charge is -2.16. The van der Waals surface area contributed by atoms with E-state index in [1.807, 2.05) is 0 Å². The molecule has 1 aliphatic rings. The van der Waals surface area contributed by atoms with Gasteiger partial charge in [-0.15, -0.1) is 0 Å². The Bertz CT molecular complexity index is 394. The average molecular weight is 263 g/mol. The number of carbonyl (C=O) groups excluding carboxylic acids is 1. The first-order chi connectivity index (χ1) is 9.24. The Balaban J connectivity index is 1.73. The van der Waals surface area contributed by atoms with Crippen LogP contribution in [-0.2, 0) is 11.2 Å². The summed E-state index contributed by atoms with van der Waals surface area (Å²) in [4.78, 5) is 11.9. The van der Waals surface area contributed by atoms with Crippen LogP contribution < -0.4 is 5.32 Å². The number of hydrogen-bond donors (Lipinski definition) is 1. The number of aryl methyl sites for hydroxylation is 1. The van der Waals surface area contributed by atoms with Crippen molar-refractivity contribution in [3.05, 3.63) is 35.6 Å². The van der Waals surface area contributed by atoms with E-state index in [2.05, 4.69) is 5.32 Å². The second kappa shape index (κ2) is 7.27. The van der Waals surface area contributed by atoms with E-state index < -0.39 is 0 Å². The number of amides is 1. The van der Waals surface area contributed by atoms with Crippen LogP contribution in [0, 0.1) is 5.82 Å². The van der Waals surface area contributed by atoms with Gasteiger partial charge in [0.25, 0.3) is 0 Å². The van der Waals surface area contributed by atoms with Crippen LogP contribution >= 0.6 is 0 Å². The lowest BCUT2D eigenvalue weighted by Crippen LogP contribution is -2.34. The van der Waals surface area contributed by atoms with Crippen molar-refractivity contribution in [2.75, 3.05) is 0 Å². The number of rotatable bonds is 4. The Hall–Kier alpha value is -1.38. The highest BCUT2D eigenvalue weighted by Gasteiger charge is 2.14. The molecule has 0 heterocycles. The SMILES string of the molecule is O=C(CCc1ccc(F)cc1)NC1CCCCCC1. The molecule has 3 heteroatoms. The van der Waals surface area contributed by atoms with Crippen LogP contribution in [0.1, 0.15) is 50.5 Å². The maximum atomic E-state index is 12.8. The molecule has 0 bridgehead atoms. The van der Waals surface area contributed by atoms with Gasteiger partial charge in [-0.25, -0.2) is 4.39 Å². The van der Waals surface area contributed by atoms with Crippen molar-refractivity contribution in [2.45, 2.75) is 57.4 Å². The van der Waals surface area contributed by atoms with Crippen LogP contribution in [0.3, 0.4) is 0 Å². The maximum Gasteiger partial charge on any atom is 0.220 e. The van der Waals surface area contributed by atoms with Crippen molar-refractivity contribution >= 4 is 5.91 Å². The minimum Gasteiger partial charge on any atom is -0.353 e. The predicted octanol–water partition coefficient (Wildman–Crippen LogP) is 3.60. The van der Waals surface area contributed by atoms with Crippen LogP contribution in [0.2, 0.25) is 0 Å². The smallest absolute Gasteiger partial charge is 0.220 e. The summed E-state index contributed by atoms with van der Waals surface area (Å²) < 4.78 is 12.8. The first-order valence-electron chi connectivity index (χ1n) is 7.28. The van der Waals surface area contributed by atoms with Gasteiger partial charge in [0.1, 0.15) is 5.82 Å². The number of carbonyl (C=O) groups is 1. The van der Waals surface area contributed by atoms with Gasteiger partial charge >= 0.3 is 0 Å². The molecule has 2 rings (SSSR count). The maximum absolute atomic E-state index is 12.8. The second-order valence-electron chi connectivity index (χ2n) is 5.38. The third-order valence-electron chi connectivity index (χ3n) is 3.77. The molecule has 0 radical (unpaired) electrons. The molecule has 1 saturated carbocycles. The molecule has 1 aliphatic carbocycles. The van der Waals surface area contributed by atoms with Gasteiger partial charge < -0.3 is 5.32 Å². The van der Waals surface area contributed by atoms with Crippen molar-refractivity contribution in [1.82, 2.24) is 5.32 Å². The summed E-state index contributed by atoms with van der Waals surface area (Å²) in [6.45, 7) is 0. The van der Waals surface area contributed by atoms with Crippen LogP contribution in [0.4, 0.5) is 4.39 Å². The Morgan fingerprint density at radius 3 is 2.37 bits per heavy atom. The summed E-state index contributed by atoms with van der Waals surface area (Å²) in [5, 5.41) is 3.13. The van der Waals surface area contributed by atoms with Crippen molar-refractivity contribution in [2.24, 2.45) is 0 Å². The van der Waals surface area contributed by atoms with Crippen LogP contribution in [0.5, 0.6) is 0 Å². The van der Waals surface area contributed by atoms with E-state index in [1.165, 1.54) is 37.8 Å². The molecule has 0 spiro atoms. The summed E-state index contributed by atoms with van der Waals surface area (Å²) in [7, 11) is 0. The lowest BCUT2D eigenvalue weighted by atomic mass is 10.1. The number of nitrogens with one attached hydrogen (secondary N) is 1. The number of halogens is 1. The van der Waals surface area contributed by atoms with E-state index in [1.54, 1.807) is 12.1 Å². The van der Waals surface area contributed by atoms with Gasteiger partial charge in [0, 0.05) is 12.5 Å². The molecule has 1 fully saturated rings. The summed E-state index contributed by atoms with van der Waals surface area (Å²) in [5.41, 5.74) is 1.01. The molecule has 2 nitrogen and oxygen atoms in total. The molecule has 1 N–H and O–H groups in total. The fraction of sp³-hybridized carbons (Fsp3) is 0.562. The molecule has 0 aliphatic heterocycles. The Labute approximate surface area is 114 Å². The van der Waals surface area contributed by atoms with Gasteiger partial charge in [-0.1, -0.05) is 37.8 Å². The summed E-state index contributed by atoms with van der Waals surface area (Å²) >= 11 is 0. The Morgan fingerprint density at radius 1 is 1.11 bits per heavy atom. The van der Waals surface area contributed by atoms with Crippen molar-refractivity contribution < 1.29 is 9.18 Å². The summed E-state index contributed by atoms with van der Waals surface area (Å²) in [5.74, 6) is -0.108. The summed E-state index contributed by atoms with van der Waals surface area (Å²) in [6.07, 6.45) is 8.43. The van der Waals surface area contributed by atoms with Gasteiger partial charge in [-0.2, -0.15) is 0 Å². The molecule has 0 saturated heterocycles. The van der Waals surface area contributed by atoms with Gasteiger partial charge in [0.05, 0.1) is 0 Å². The van der Waals surface area contributed by atoms with Gasteiger partial charge in [0.15, 0.2) is 0 Å². The van der Waals surface area contributed by atoms with E-state index in [4.69, 9.17) is 0 Å². The zero-order valence-electron chi connectivity index (χ0n) is 11.3. The molecule has 0 aromatic heterocycles. The first-order valence-corrected chi connectivity index (χ1v) is 7.28. The lowest BCUT2D eigenvalue weighted by molar-refractivity contribution is -0.121. The standard InChI is InChI=1S/C16H22FNO/c17-14-10-7-13(8-11-14)9-12-16(19)18-15-5-3-1-2-4-6-15/h7-8,10-11,15H,1-6,9,12H2,(H,18,19). The third kappa shape index (κ3) is 5.01. The minimum absolute atomic E-state index is 0.122. The van der Waals surface area contributed by atoms with Crippen LogP contribution in [-0.4, -0.2) is 11.9 Å². The number of benzene rings is 1. The predicted molar refractivity (Wildman–Crippen MR) is 74.4 cm³/mol. The topological polar surface area (TPSA) is 29.1 Å². The highest BCUT2D eigenvalue weighted by Crippen LogP contribution is 2.17. The minimum atomic E-state index is -0.230. The van der Waals surface area contributed by atoms with Gasteiger partial charge in [0.2, 0.25) is 5.91 Å². The van der Waals surface area contributed by atoms with E-state index in [0.717, 1.165) is 18.4 Å². The average Bonchev–Trinajstić information content (AvgIpc) is 2.67. The molecule has 1 aromatic carbocycles. The highest BCUT2D eigenvalue weighted by atomic mass is 19.1. The molecule has 1 aromatic rings. The third-order valence-corrected chi connectivity index (χ3v) is 3.77. The van der Waals surface area contributed by atoms with Gasteiger partial charge in [-0.3, -0.25) is 4.79 Å². The normalized spacial score (nSPS) is 16.9. The fourth-order valence-electron chi connectivity index (χ4n) is 2.63. The van der Waals surface area contributed by atoms with Gasteiger partial charge in [-0.05, 0) is 37.0 Å². The van der Waals surface area contributed by atoms with Crippen molar-refractivity contribution in [3.8, 4) is 0 Å². The van der Waals surface area contributed by atoms with Crippen LogP contribution in [0.15, 0.2) is 24.3 Å². The molecular weight excluding hydrogens is 241 g/mol. The van der Waals surface area contributed by atoms with Crippen molar-refractivity contribution in [3.63, 3.8) is 0 Å². The zero-order valence-corrected chi connectivity index (χ0v) is 11.3.